The van der Waals surface area contributed by atoms with Gasteiger partial charge in [0.25, 0.3) is 10.0 Å². The van der Waals surface area contributed by atoms with E-state index in [9.17, 15) is 12.8 Å². The van der Waals surface area contributed by atoms with E-state index in [-0.39, 0.29) is 10.6 Å². The highest BCUT2D eigenvalue weighted by Gasteiger charge is 2.19. The van der Waals surface area contributed by atoms with Crippen LogP contribution in [0, 0.1) is 12.7 Å². The number of nitrogens with two attached hydrogens (primary N) is 1. The maximum Gasteiger partial charge on any atom is 0.262 e. The third-order valence-electron chi connectivity index (χ3n) is 2.92. The Kier molecular flexibility index (Phi) is 4.04. The minimum absolute atomic E-state index is 0.00437. The number of nitrogen functional groups attached to an aromatic ring is 1. The van der Waals surface area contributed by atoms with Crippen LogP contribution >= 0.6 is 0 Å². The van der Waals surface area contributed by atoms with Gasteiger partial charge in [0, 0.05) is 11.8 Å². The molecule has 0 fully saturated rings. The zero-order valence-corrected chi connectivity index (χ0v) is 12.4. The maximum atomic E-state index is 13.7. The first-order valence-electron chi connectivity index (χ1n) is 6.06. The highest BCUT2D eigenvalue weighted by atomic mass is 32.2. The smallest absolute Gasteiger partial charge is 0.262 e. The van der Waals surface area contributed by atoms with Crippen LogP contribution in [0.5, 0.6) is 5.75 Å². The monoisotopic (exact) mass is 310 g/mol. The summed E-state index contributed by atoms with van der Waals surface area (Å²) in [4.78, 5) is 0.00437. The lowest BCUT2D eigenvalue weighted by atomic mass is 10.2. The van der Waals surface area contributed by atoms with Gasteiger partial charge < -0.3 is 10.5 Å². The van der Waals surface area contributed by atoms with Gasteiger partial charge in [-0.3, -0.25) is 4.72 Å². The summed E-state index contributed by atoms with van der Waals surface area (Å²) < 4.78 is 45.6. The average molecular weight is 310 g/mol. The third-order valence-corrected chi connectivity index (χ3v) is 4.43. The van der Waals surface area contributed by atoms with Crippen molar-refractivity contribution in [3.63, 3.8) is 0 Å². The van der Waals surface area contributed by atoms with E-state index in [1.807, 2.05) is 0 Å². The number of methoxy groups -OCH3 is 1. The number of hydrogen-bond donors (Lipinski definition) is 2. The summed E-state index contributed by atoms with van der Waals surface area (Å²) in [7, 11) is -2.53. The molecule has 2 aromatic carbocycles. The molecule has 0 aliphatic rings. The predicted molar refractivity (Wildman–Crippen MR) is 79.4 cm³/mol. The van der Waals surface area contributed by atoms with Crippen molar-refractivity contribution in [1.82, 2.24) is 0 Å². The molecule has 0 amide bonds. The van der Waals surface area contributed by atoms with Crippen LogP contribution in [0.1, 0.15) is 5.56 Å². The topological polar surface area (TPSA) is 81.4 Å². The van der Waals surface area contributed by atoms with Crippen molar-refractivity contribution in [1.29, 1.82) is 0 Å². The Balaban J connectivity index is 2.44. The van der Waals surface area contributed by atoms with Crippen molar-refractivity contribution in [2.24, 2.45) is 0 Å². The second-order valence-electron chi connectivity index (χ2n) is 4.48. The number of ether oxygens (including phenoxy) is 1. The Morgan fingerprint density at radius 1 is 1.19 bits per heavy atom. The Labute approximate surface area is 122 Å². The summed E-state index contributed by atoms with van der Waals surface area (Å²) in [6.07, 6.45) is 0. The lowest BCUT2D eigenvalue weighted by Gasteiger charge is -2.12. The standard InChI is InChI=1S/C14H15FN2O3S/c1-9-3-4-10(16)7-14(9)21(18,19)17-13-8-11(20-2)5-6-12(13)15/h3-8,17H,16H2,1-2H3. The number of sulfonamides is 1. The molecular weight excluding hydrogens is 295 g/mol. The Bertz CT molecular complexity index is 776. The van der Waals surface area contributed by atoms with Gasteiger partial charge in [0.05, 0.1) is 17.7 Å². The van der Waals surface area contributed by atoms with Gasteiger partial charge >= 0.3 is 0 Å². The molecule has 0 aliphatic heterocycles. The van der Waals surface area contributed by atoms with E-state index < -0.39 is 15.8 Å². The molecule has 7 heteroatoms. The quantitative estimate of drug-likeness (QED) is 0.850. The molecule has 21 heavy (non-hydrogen) atoms. The molecule has 0 atom stereocenters. The molecule has 0 radical (unpaired) electrons. The van der Waals surface area contributed by atoms with Gasteiger partial charge in [-0.2, -0.15) is 0 Å². The van der Waals surface area contributed by atoms with E-state index in [2.05, 4.69) is 4.72 Å². The SMILES string of the molecule is COc1ccc(F)c(NS(=O)(=O)c2cc(N)ccc2C)c1. The summed E-state index contributed by atoms with van der Waals surface area (Å²) >= 11 is 0. The van der Waals surface area contributed by atoms with Crippen LogP contribution in [0.25, 0.3) is 0 Å². The minimum atomic E-state index is -3.94. The minimum Gasteiger partial charge on any atom is -0.497 e. The van der Waals surface area contributed by atoms with Crippen molar-refractivity contribution < 1.29 is 17.5 Å². The van der Waals surface area contributed by atoms with E-state index in [1.54, 1.807) is 19.1 Å². The molecule has 2 rings (SSSR count). The van der Waals surface area contributed by atoms with Gasteiger partial charge in [0.15, 0.2) is 0 Å². The lowest BCUT2D eigenvalue weighted by Crippen LogP contribution is -2.15. The lowest BCUT2D eigenvalue weighted by molar-refractivity contribution is 0.414. The molecule has 2 aromatic rings. The van der Waals surface area contributed by atoms with Crippen molar-refractivity contribution in [3.05, 3.63) is 47.8 Å². The molecule has 112 valence electrons. The van der Waals surface area contributed by atoms with Crippen molar-refractivity contribution in [2.75, 3.05) is 17.6 Å². The summed E-state index contributed by atoms with van der Waals surface area (Å²) in [5.74, 6) is -0.348. The van der Waals surface area contributed by atoms with Crippen LogP contribution in [-0.4, -0.2) is 15.5 Å². The summed E-state index contributed by atoms with van der Waals surface area (Å²) in [5.41, 5.74) is 6.25. The molecule has 0 aliphatic carbocycles. The van der Waals surface area contributed by atoms with Crippen molar-refractivity contribution >= 4 is 21.4 Å². The maximum absolute atomic E-state index is 13.7. The number of hydrogen-bond acceptors (Lipinski definition) is 4. The van der Waals surface area contributed by atoms with Crippen molar-refractivity contribution in [3.8, 4) is 5.75 Å². The fraction of sp³-hybridized carbons (Fsp3) is 0.143. The number of aryl methyl sites for hydroxylation is 1. The van der Waals surface area contributed by atoms with Gasteiger partial charge in [0.2, 0.25) is 0 Å². The normalized spacial score (nSPS) is 11.2. The first-order chi connectivity index (χ1) is 9.83. The van der Waals surface area contributed by atoms with E-state index in [0.29, 0.717) is 17.0 Å². The molecule has 3 N–H and O–H groups in total. The number of rotatable bonds is 4. The van der Waals surface area contributed by atoms with Gasteiger partial charge in [-0.25, -0.2) is 12.8 Å². The zero-order valence-electron chi connectivity index (χ0n) is 11.6. The third kappa shape index (κ3) is 3.25. The van der Waals surface area contributed by atoms with Crippen LogP contribution in [0.3, 0.4) is 0 Å². The summed E-state index contributed by atoms with van der Waals surface area (Å²) in [6.45, 7) is 1.63. The summed E-state index contributed by atoms with van der Waals surface area (Å²) in [6, 6.07) is 8.32. The zero-order chi connectivity index (χ0) is 15.6. The Morgan fingerprint density at radius 3 is 2.57 bits per heavy atom. The van der Waals surface area contributed by atoms with Crippen LogP contribution in [0.2, 0.25) is 0 Å². The average Bonchev–Trinajstić information content (AvgIpc) is 2.43. The molecule has 0 heterocycles. The molecule has 0 bridgehead atoms. The number of halogens is 1. The van der Waals surface area contributed by atoms with E-state index in [1.165, 1.54) is 25.3 Å². The second kappa shape index (κ2) is 5.61. The largest absolute Gasteiger partial charge is 0.497 e. The molecule has 0 spiro atoms. The highest BCUT2D eigenvalue weighted by Crippen LogP contribution is 2.26. The fourth-order valence-corrected chi connectivity index (χ4v) is 3.15. The van der Waals surface area contributed by atoms with Gasteiger partial charge in [-0.1, -0.05) is 6.07 Å². The van der Waals surface area contributed by atoms with Crippen LogP contribution < -0.4 is 15.2 Å². The van der Waals surface area contributed by atoms with Crippen molar-refractivity contribution in [2.45, 2.75) is 11.8 Å². The molecule has 0 unspecified atom stereocenters. The van der Waals surface area contributed by atoms with Gasteiger partial charge in [0.1, 0.15) is 11.6 Å². The van der Waals surface area contributed by atoms with E-state index in [0.717, 1.165) is 6.07 Å². The van der Waals surface area contributed by atoms with Gasteiger partial charge in [-0.15, -0.1) is 0 Å². The predicted octanol–water partition coefficient (Wildman–Crippen LogP) is 2.53. The Morgan fingerprint density at radius 2 is 1.90 bits per heavy atom. The van der Waals surface area contributed by atoms with E-state index in [4.69, 9.17) is 10.5 Å². The van der Waals surface area contributed by atoms with Crippen LogP contribution in [0.15, 0.2) is 41.3 Å². The highest BCUT2D eigenvalue weighted by molar-refractivity contribution is 7.92. The number of nitrogens with one attached hydrogen (secondary N) is 1. The van der Waals surface area contributed by atoms with E-state index >= 15 is 0 Å². The van der Waals surface area contributed by atoms with Crippen LogP contribution in [0.4, 0.5) is 15.8 Å². The fourth-order valence-electron chi connectivity index (χ4n) is 1.82. The van der Waals surface area contributed by atoms with Crippen LogP contribution in [-0.2, 0) is 10.0 Å². The van der Waals surface area contributed by atoms with Gasteiger partial charge in [-0.05, 0) is 36.8 Å². The molecule has 0 saturated carbocycles. The first-order valence-corrected chi connectivity index (χ1v) is 7.54. The number of benzene rings is 2. The molecular formula is C14H15FN2O3S. The summed E-state index contributed by atoms with van der Waals surface area (Å²) in [5, 5.41) is 0. The molecule has 0 saturated heterocycles. The first kappa shape index (κ1) is 15.1. The second-order valence-corrected chi connectivity index (χ2v) is 6.13. The molecule has 0 aromatic heterocycles. The Hall–Kier alpha value is -2.28. The number of anilines is 2. The molecule has 5 nitrogen and oxygen atoms in total.